The van der Waals surface area contributed by atoms with Gasteiger partial charge in [0.15, 0.2) is 0 Å². The van der Waals surface area contributed by atoms with E-state index < -0.39 is 10.0 Å². The van der Waals surface area contributed by atoms with Crippen LogP contribution in [0, 0.1) is 6.92 Å². The number of rotatable bonds is 7. The fourth-order valence-electron chi connectivity index (χ4n) is 2.26. The minimum Gasteiger partial charge on any atom is -0.326 e. The number of aryl methyl sites for hydroxylation is 1. The van der Waals surface area contributed by atoms with Gasteiger partial charge in [-0.05, 0) is 48.4 Å². The van der Waals surface area contributed by atoms with Crippen molar-refractivity contribution in [3.05, 3.63) is 58.9 Å². The van der Waals surface area contributed by atoms with Crippen molar-refractivity contribution in [3.8, 4) is 0 Å². The lowest BCUT2D eigenvalue weighted by molar-refractivity contribution is -0.116. The van der Waals surface area contributed by atoms with Gasteiger partial charge in [-0.15, -0.1) is 0 Å². The molecule has 1 aromatic carbocycles. The minimum absolute atomic E-state index is 0.0558. The van der Waals surface area contributed by atoms with E-state index in [2.05, 4.69) is 10.3 Å². The van der Waals surface area contributed by atoms with Crippen LogP contribution >= 0.6 is 11.6 Å². The van der Waals surface area contributed by atoms with Gasteiger partial charge in [0, 0.05) is 42.6 Å². The van der Waals surface area contributed by atoms with Crippen LogP contribution in [0.25, 0.3) is 0 Å². The van der Waals surface area contributed by atoms with Crippen molar-refractivity contribution in [1.29, 1.82) is 0 Å². The molecule has 0 unspecified atom stereocenters. The van der Waals surface area contributed by atoms with E-state index in [0.717, 1.165) is 17.4 Å². The Morgan fingerprint density at radius 3 is 2.52 bits per heavy atom. The summed E-state index contributed by atoms with van der Waals surface area (Å²) in [4.78, 5) is 16.1. The summed E-state index contributed by atoms with van der Waals surface area (Å²) in [5, 5.41) is 3.37. The van der Waals surface area contributed by atoms with Crippen molar-refractivity contribution in [1.82, 2.24) is 9.29 Å². The molecule has 0 aliphatic carbocycles. The molecule has 0 fully saturated rings. The molecular weight excluding hydrogens is 362 g/mol. The number of hydrogen-bond acceptors (Lipinski definition) is 4. The van der Waals surface area contributed by atoms with Crippen LogP contribution in [0.1, 0.15) is 17.5 Å². The SMILES string of the molecule is Cc1cc(Cl)ccc1NC(=O)CCN(Cc1ccncc1)S(C)(=O)=O. The van der Waals surface area contributed by atoms with Crippen LogP contribution in [0.2, 0.25) is 5.02 Å². The van der Waals surface area contributed by atoms with Gasteiger partial charge in [0.1, 0.15) is 0 Å². The van der Waals surface area contributed by atoms with Crippen molar-refractivity contribution in [2.24, 2.45) is 0 Å². The van der Waals surface area contributed by atoms with E-state index in [0.29, 0.717) is 10.7 Å². The molecule has 8 heteroatoms. The predicted molar refractivity (Wildman–Crippen MR) is 98.9 cm³/mol. The van der Waals surface area contributed by atoms with E-state index in [1.807, 2.05) is 6.92 Å². The number of anilines is 1. The molecule has 1 N–H and O–H groups in total. The second kappa shape index (κ2) is 8.42. The van der Waals surface area contributed by atoms with Crippen molar-refractivity contribution in [2.75, 3.05) is 18.1 Å². The predicted octanol–water partition coefficient (Wildman–Crippen LogP) is 2.83. The third-order valence-electron chi connectivity index (χ3n) is 3.63. The molecule has 0 bridgehead atoms. The van der Waals surface area contributed by atoms with Gasteiger partial charge in [-0.1, -0.05) is 11.6 Å². The summed E-state index contributed by atoms with van der Waals surface area (Å²) in [6, 6.07) is 8.66. The smallest absolute Gasteiger partial charge is 0.225 e. The molecule has 2 aromatic rings. The van der Waals surface area contributed by atoms with Crippen LogP contribution < -0.4 is 5.32 Å². The van der Waals surface area contributed by atoms with Crippen LogP contribution in [0.3, 0.4) is 0 Å². The topological polar surface area (TPSA) is 79.4 Å². The van der Waals surface area contributed by atoms with Gasteiger partial charge in [0.05, 0.1) is 6.26 Å². The summed E-state index contributed by atoms with van der Waals surface area (Å²) >= 11 is 5.89. The summed E-state index contributed by atoms with van der Waals surface area (Å²) in [6.07, 6.45) is 4.40. The Balaban J connectivity index is 1.99. The lowest BCUT2D eigenvalue weighted by Gasteiger charge is -2.20. The number of aromatic nitrogens is 1. The fraction of sp³-hybridized carbons (Fsp3) is 0.294. The number of carbonyl (C=O) groups excluding carboxylic acids is 1. The molecule has 1 heterocycles. The first-order chi connectivity index (χ1) is 11.8. The monoisotopic (exact) mass is 381 g/mol. The zero-order chi connectivity index (χ0) is 18.4. The van der Waals surface area contributed by atoms with Gasteiger partial charge in [-0.25, -0.2) is 8.42 Å². The molecule has 2 rings (SSSR count). The number of carbonyl (C=O) groups is 1. The van der Waals surface area contributed by atoms with E-state index in [4.69, 9.17) is 11.6 Å². The number of amides is 1. The number of halogens is 1. The Kier molecular flexibility index (Phi) is 6.52. The zero-order valence-electron chi connectivity index (χ0n) is 14.1. The largest absolute Gasteiger partial charge is 0.326 e. The Labute approximate surface area is 152 Å². The molecule has 25 heavy (non-hydrogen) atoms. The quantitative estimate of drug-likeness (QED) is 0.799. The number of pyridine rings is 1. The Morgan fingerprint density at radius 2 is 1.92 bits per heavy atom. The second-order valence-corrected chi connectivity index (χ2v) is 8.13. The van der Waals surface area contributed by atoms with Gasteiger partial charge in [0.2, 0.25) is 15.9 Å². The molecule has 0 spiro atoms. The number of hydrogen-bond donors (Lipinski definition) is 1. The highest BCUT2D eigenvalue weighted by Gasteiger charge is 2.18. The first-order valence-electron chi connectivity index (χ1n) is 7.66. The normalized spacial score (nSPS) is 11.5. The molecule has 0 saturated heterocycles. The Bertz CT molecular complexity index is 841. The molecule has 0 atom stereocenters. The van der Waals surface area contributed by atoms with E-state index in [1.54, 1.807) is 42.7 Å². The van der Waals surface area contributed by atoms with E-state index in [1.165, 1.54) is 4.31 Å². The van der Waals surface area contributed by atoms with Gasteiger partial charge in [0.25, 0.3) is 0 Å². The highest BCUT2D eigenvalue weighted by molar-refractivity contribution is 7.88. The lowest BCUT2D eigenvalue weighted by Crippen LogP contribution is -2.32. The molecule has 134 valence electrons. The van der Waals surface area contributed by atoms with E-state index >= 15 is 0 Å². The first-order valence-corrected chi connectivity index (χ1v) is 9.88. The molecule has 1 amide bonds. The summed E-state index contributed by atoms with van der Waals surface area (Å²) in [6.45, 7) is 2.14. The van der Waals surface area contributed by atoms with E-state index in [9.17, 15) is 13.2 Å². The second-order valence-electron chi connectivity index (χ2n) is 5.71. The summed E-state index contributed by atoms with van der Waals surface area (Å²) < 4.78 is 25.2. The molecular formula is C17H20ClN3O3S. The number of benzene rings is 1. The first kappa shape index (κ1) is 19.4. The molecule has 0 saturated carbocycles. The van der Waals surface area contributed by atoms with Gasteiger partial charge < -0.3 is 5.32 Å². The number of nitrogens with zero attached hydrogens (tertiary/aromatic N) is 2. The van der Waals surface area contributed by atoms with Crippen molar-refractivity contribution < 1.29 is 13.2 Å². The van der Waals surface area contributed by atoms with Gasteiger partial charge >= 0.3 is 0 Å². The van der Waals surface area contributed by atoms with Crippen LogP contribution in [0.15, 0.2) is 42.7 Å². The maximum absolute atomic E-state index is 12.2. The maximum Gasteiger partial charge on any atom is 0.225 e. The zero-order valence-corrected chi connectivity index (χ0v) is 15.6. The third-order valence-corrected chi connectivity index (χ3v) is 5.11. The average molecular weight is 382 g/mol. The fourth-order valence-corrected chi connectivity index (χ4v) is 3.29. The van der Waals surface area contributed by atoms with Gasteiger partial charge in [-0.3, -0.25) is 9.78 Å². The molecule has 6 nitrogen and oxygen atoms in total. The molecule has 0 aliphatic rings. The van der Waals surface area contributed by atoms with Crippen molar-refractivity contribution in [2.45, 2.75) is 19.9 Å². The van der Waals surface area contributed by atoms with Crippen molar-refractivity contribution in [3.63, 3.8) is 0 Å². The molecule has 0 radical (unpaired) electrons. The number of sulfonamides is 1. The average Bonchev–Trinajstić information content (AvgIpc) is 2.54. The maximum atomic E-state index is 12.2. The minimum atomic E-state index is -3.43. The van der Waals surface area contributed by atoms with Crippen LogP contribution in [-0.4, -0.2) is 36.4 Å². The Hall–Kier alpha value is -1.96. The Morgan fingerprint density at radius 1 is 1.24 bits per heavy atom. The summed E-state index contributed by atoms with van der Waals surface area (Å²) in [5.74, 6) is -0.256. The highest BCUT2D eigenvalue weighted by Crippen LogP contribution is 2.19. The van der Waals surface area contributed by atoms with Crippen molar-refractivity contribution >= 4 is 33.2 Å². The summed E-state index contributed by atoms with van der Waals surface area (Å²) in [5.41, 5.74) is 2.32. The number of nitrogens with one attached hydrogen (secondary N) is 1. The lowest BCUT2D eigenvalue weighted by atomic mass is 10.2. The van der Waals surface area contributed by atoms with E-state index in [-0.39, 0.29) is 25.4 Å². The standard InChI is InChI=1S/C17H20ClN3O3S/c1-13-11-15(18)3-4-16(13)20-17(22)7-10-21(25(2,23)24)12-14-5-8-19-9-6-14/h3-6,8-9,11H,7,10,12H2,1-2H3,(H,20,22). The highest BCUT2D eigenvalue weighted by atomic mass is 35.5. The summed E-state index contributed by atoms with van der Waals surface area (Å²) in [7, 11) is -3.43. The van der Waals surface area contributed by atoms with Crippen LogP contribution in [0.5, 0.6) is 0 Å². The third kappa shape index (κ3) is 6.12. The molecule has 1 aromatic heterocycles. The van der Waals surface area contributed by atoms with Gasteiger partial charge in [-0.2, -0.15) is 4.31 Å². The van der Waals surface area contributed by atoms with Crippen LogP contribution in [-0.2, 0) is 21.4 Å². The molecule has 0 aliphatic heterocycles. The van der Waals surface area contributed by atoms with Crippen LogP contribution in [0.4, 0.5) is 5.69 Å².